The number of carboxylic acids is 3. The van der Waals surface area contributed by atoms with Gasteiger partial charge >= 0.3 is 17.9 Å². The fourth-order valence-corrected chi connectivity index (χ4v) is 13.5. The Morgan fingerprint density at radius 1 is 0.468 bits per heavy atom. The molecule has 2 aromatic carbocycles. The second-order valence-electron chi connectivity index (χ2n) is 31.8. The van der Waals surface area contributed by atoms with Crippen LogP contribution in [0.5, 0.6) is 0 Å². The zero-order valence-electron chi connectivity index (χ0n) is 71.8. The van der Waals surface area contributed by atoms with E-state index in [1.807, 2.05) is 0 Å². The number of nitrogens with zero attached hydrogens (tertiary/aromatic N) is 2. The van der Waals surface area contributed by atoms with Crippen LogP contribution in [0, 0.1) is 17.8 Å². The molecule has 45 heteroatoms. The smallest absolute Gasteiger partial charge is 0.322 e. The number of hydrogen-bond donors (Lipinski definition) is 24. The molecule has 1 saturated heterocycles. The number of aromatic amines is 1. The van der Waals surface area contributed by atoms with Gasteiger partial charge in [-0.1, -0.05) is 102 Å². The first-order valence-electron chi connectivity index (χ1n) is 41.3. The average molecular weight is 1810 g/mol. The number of carbonyl (C=O) groups is 19. The monoisotopic (exact) mass is 1810 g/mol. The first kappa shape index (κ1) is 106. The summed E-state index contributed by atoms with van der Waals surface area (Å²) in [6, 6.07) is -6.12. The number of aliphatic hydroxyl groups is 1. The third-order valence-electron chi connectivity index (χ3n) is 19.8. The number of aliphatic carboxylic acids is 3. The van der Waals surface area contributed by atoms with Crippen LogP contribution in [0.15, 0.2) is 73.2 Å². The van der Waals surface area contributed by atoms with Gasteiger partial charge in [-0.3, -0.25) is 91.1 Å². The van der Waals surface area contributed by atoms with Gasteiger partial charge in [-0.05, 0) is 108 Å². The molecular weight excluding hydrogens is 1690 g/mol. The van der Waals surface area contributed by atoms with Crippen molar-refractivity contribution in [1.82, 2.24) is 94.6 Å². The molecule has 16 amide bonds. The standard InChI is InChI=1S/C81H122N20O23S2/c1-41(2)29-52(91-75(118)57(34-63(106)107)95-78(121)59(39-126)97-73(116)55(32-48-21-14-11-15-22-48)96-79(122)60-24-18-28-101(60)81(124)65(43(5)6)99-61(103)36-85-67(110)44(7)83)71(114)92-53(30-42(3)4)76(119)100-66(46(9)102)80(123)90-50(23-16-17-27-82)70(113)94-56(33-49-35-84-40-87-49)74(117)98-58(38-125)77(120)93-54(31-47-19-12-10-13-20-47)72(115)89-51(25-26-62(104)105)69(112)88-45(8)68(111)86-37-64(108)109/h10-15,19-22,35,40-46,50-60,65-66,102,125-126H,16-18,23-34,36-39,82-83H2,1-9H3,(H,84,87)(H,85,110)(H,86,111)(H,88,112)(H,89,115)(H,90,123)(H,91,118)(H,92,114)(H,93,120)(H,94,113)(H,95,121)(H,96,122)(H,97,116)(H,98,117)(H,99,103)(H,100,119)(H,104,105)(H,106,107)(H,108,109)/t44-,45-,46+,50-,51-,52-,53-,54-,55-,56-,57-,58-,59-,60-,65-,66-/m0/s1. The van der Waals surface area contributed by atoms with Gasteiger partial charge in [0.15, 0.2) is 0 Å². The van der Waals surface area contributed by atoms with E-state index in [1.54, 1.807) is 102 Å². The number of imidazole rings is 1. The molecule has 0 saturated carbocycles. The van der Waals surface area contributed by atoms with Gasteiger partial charge in [0.2, 0.25) is 94.5 Å². The summed E-state index contributed by atoms with van der Waals surface area (Å²) in [4.78, 5) is 268. The summed E-state index contributed by atoms with van der Waals surface area (Å²) in [5.41, 5.74) is 12.7. The number of likely N-dealkylation sites (tertiary alicyclic amines) is 1. The molecule has 696 valence electrons. The third kappa shape index (κ3) is 37.1. The third-order valence-corrected chi connectivity index (χ3v) is 20.5. The number of nitrogens with one attached hydrogen (secondary N) is 16. The molecule has 43 nitrogen and oxygen atoms in total. The number of hydrogen-bond acceptors (Lipinski definition) is 25. The Morgan fingerprint density at radius 2 is 0.905 bits per heavy atom. The number of aliphatic hydroxyl groups excluding tert-OH is 1. The minimum Gasteiger partial charge on any atom is -0.481 e. The highest BCUT2D eigenvalue weighted by molar-refractivity contribution is 7.80. The van der Waals surface area contributed by atoms with Crippen molar-refractivity contribution in [1.29, 1.82) is 0 Å². The predicted octanol–water partition coefficient (Wildman–Crippen LogP) is -5.13. The van der Waals surface area contributed by atoms with Crippen molar-refractivity contribution < 1.29 is 112 Å². The van der Waals surface area contributed by atoms with Crippen molar-refractivity contribution in [3.63, 3.8) is 0 Å². The molecular formula is C81H122N20O23S2. The van der Waals surface area contributed by atoms with Crippen LogP contribution in [0.25, 0.3) is 0 Å². The summed E-state index contributed by atoms with van der Waals surface area (Å²) in [6.45, 7) is 12.7. The van der Waals surface area contributed by atoms with Crippen molar-refractivity contribution in [2.24, 2.45) is 29.2 Å². The number of rotatable bonds is 55. The molecule has 0 spiro atoms. The van der Waals surface area contributed by atoms with Crippen LogP contribution in [-0.2, 0) is 110 Å². The van der Waals surface area contributed by atoms with Gasteiger partial charge in [-0.25, -0.2) is 4.98 Å². The lowest BCUT2D eigenvalue weighted by Crippen LogP contribution is -2.62. The van der Waals surface area contributed by atoms with Crippen LogP contribution >= 0.6 is 25.3 Å². The van der Waals surface area contributed by atoms with Gasteiger partial charge in [0.1, 0.15) is 91.1 Å². The number of nitrogens with two attached hydrogens (primary N) is 2. The fourth-order valence-electron chi connectivity index (χ4n) is 13.0. The van der Waals surface area contributed by atoms with Crippen LogP contribution < -0.4 is 91.2 Å². The van der Waals surface area contributed by atoms with Gasteiger partial charge in [-0.2, -0.15) is 25.3 Å². The Hall–Kier alpha value is -11.8. The SMILES string of the molecule is CC(C)C[C@H](NC(=O)[C@H](CC(=O)O)NC(=O)[C@H](CS)NC(=O)[C@H](Cc1ccccc1)NC(=O)[C@@H]1CCCN1C(=O)[C@@H](NC(=O)CNC(=O)[C@H](C)N)C(C)C)C(=O)N[C@@H](CC(C)C)C(=O)N[C@H](C(=O)N[C@@H](CCCCN)C(=O)N[C@@H](Cc1cnc[nH]1)C(=O)N[C@@H](CS)C(=O)N[C@@H](Cc1ccccc1)C(=O)N[C@@H](CCC(=O)O)C(=O)N[C@@H](C)C(=O)NCC(=O)O)[C@@H](C)O. The highest BCUT2D eigenvalue weighted by Crippen LogP contribution is 2.22. The van der Waals surface area contributed by atoms with Crippen LogP contribution in [0.3, 0.4) is 0 Å². The summed E-state index contributed by atoms with van der Waals surface area (Å²) in [6.07, 6.45) is -1.71. The molecule has 3 aromatic rings. The van der Waals surface area contributed by atoms with Crippen molar-refractivity contribution in [2.45, 2.75) is 243 Å². The van der Waals surface area contributed by atoms with E-state index in [4.69, 9.17) is 16.6 Å². The maximum absolute atomic E-state index is 14.7. The number of carboxylic acid groups (broad SMARTS) is 3. The first-order chi connectivity index (χ1) is 59.5. The molecule has 0 unspecified atom stereocenters. The topological polar surface area (TPSA) is 670 Å². The molecule has 0 radical (unpaired) electrons. The Morgan fingerprint density at radius 3 is 1.37 bits per heavy atom. The minimum atomic E-state index is -1.96. The number of H-pyrrole nitrogens is 1. The highest BCUT2D eigenvalue weighted by atomic mass is 32.1. The van der Waals surface area contributed by atoms with E-state index in [1.165, 1.54) is 31.3 Å². The van der Waals surface area contributed by atoms with Crippen LogP contribution in [0.4, 0.5) is 0 Å². The van der Waals surface area contributed by atoms with E-state index < -0.39 is 271 Å². The molecule has 0 bridgehead atoms. The Labute approximate surface area is 739 Å². The van der Waals surface area contributed by atoms with Crippen LogP contribution in [0.2, 0.25) is 0 Å². The van der Waals surface area contributed by atoms with Crippen LogP contribution in [-0.4, -0.2) is 282 Å². The van der Waals surface area contributed by atoms with Crippen molar-refractivity contribution in [2.75, 3.05) is 37.7 Å². The van der Waals surface area contributed by atoms with E-state index in [-0.39, 0.29) is 70.2 Å². The second-order valence-corrected chi connectivity index (χ2v) is 32.5. The van der Waals surface area contributed by atoms with Crippen molar-refractivity contribution in [3.05, 3.63) is 90.0 Å². The molecule has 1 fully saturated rings. The van der Waals surface area contributed by atoms with Gasteiger partial charge in [-0.15, -0.1) is 0 Å². The molecule has 2 heterocycles. The summed E-state index contributed by atoms with van der Waals surface area (Å²) >= 11 is 8.60. The number of benzene rings is 2. The molecule has 126 heavy (non-hydrogen) atoms. The lowest BCUT2D eigenvalue weighted by Gasteiger charge is -2.31. The molecule has 16 atom stereocenters. The summed E-state index contributed by atoms with van der Waals surface area (Å²) in [7, 11) is 0. The van der Waals surface area contributed by atoms with E-state index in [2.05, 4.69) is 115 Å². The number of amides is 16. The lowest BCUT2D eigenvalue weighted by atomic mass is 9.99. The van der Waals surface area contributed by atoms with E-state index in [9.17, 15) is 106 Å². The number of aromatic nitrogens is 2. The molecule has 1 aliphatic heterocycles. The number of unbranched alkanes of at least 4 members (excludes halogenated alkanes) is 1. The predicted molar refractivity (Wildman–Crippen MR) is 461 cm³/mol. The van der Waals surface area contributed by atoms with Crippen molar-refractivity contribution >= 4 is 138 Å². The molecule has 1 aliphatic rings. The van der Waals surface area contributed by atoms with Crippen molar-refractivity contribution in [3.8, 4) is 0 Å². The second kappa shape index (κ2) is 54.1. The normalized spacial score (nSPS) is 16.0. The molecule has 1 aromatic heterocycles. The highest BCUT2D eigenvalue weighted by Gasteiger charge is 2.43. The first-order valence-corrected chi connectivity index (χ1v) is 42.6. The van der Waals surface area contributed by atoms with Gasteiger partial charge in [0, 0.05) is 55.6 Å². The average Bonchev–Trinajstić information content (AvgIpc) is 1.64. The fraction of sp³-hybridized carbons (Fsp3) is 0.580. The van der Waals surface area contributed by atoms with Gasteiger partial charge in [0.25, 0.3) is 0 Å². The Kier molecular flexibility index (Phi) is 45.8. The number of carbonyl (C=O) groups excluding carboxylic acids is 16. The largest absolute Gasteiger partial charge is 0.481 e. The van der Waals surface area contributed by atoms with E-state index in [0.29, 0.717) is 24.0 Å². The van der Waals surface area contributed by atoms with Gasteiger partial charge < -0.3 is 122 Å². The Bertz CT molecular complexity index is 4210. The zero-order chi connectivity index (χ0) is 94.2. The lowest BCUT2D eigenvalue weighted by molar-refractivity contribution is -0.143. The summed E-state index contributed by atoms with van der Waals surface area (Å²) in [5.74, 6) is -21.8. The molecule has 24 N–H and O–H groups in total. The van der Waals surface area contributed by atoms with E-state index in [0.717, 1.165) is 6.92 Å². The summed E-state index contributed by atoms with van der Waals surface area (Å²) < 4.78 is 0. The van der Waals surface area contributed by atoms with E-state index >= 15 is 0 Å². The zero-order valence-corrected chi connectivity index (χ0v) is 73.6. The van der Waals surface area contributed by atoms with Crippen LogP contribution in [0.1, 0.15) is 143 Å². The Balaban J connectivity index is 1.56. The molecule has 4 rings (SSSR count). The molecule has 0 aliphatic carbocycles. The summed E-state index contributed by atoms with van der Waals surface area (Å²) in [5, 5.41) is 76.9. The van der Waals surface area contributed by atoms with Gasteiger partial charge in [0.05, 0.1) is 31.4 Å². The maximum atomic E-state index is 14.7. The number of thiol groups is 2. The quantitative estimate of drug-likeness (QED) is 0.0186. The minimum absolute atomic E-state index is 0.0981. The maximum Gasteiger partial charge on any atom is 0.322 e.